The van der Waals surface area contributed by atoms with Crippen LogP contribution in [0.2, 0.25) is 0 Å². The van der Waals surface area contributed by atoms with Crippen molar-refractivity contribution in [3.05, 3.63) is 53.7 Å². The second-order valence-electron chi connectivity index (χ2n) is 7.00. The Morgan fingerprint density at radius 1 is 1.21 bits per heavy atom. The van der Waals surface area contributed by atoms with E-state index in [1.807, 2.05) is 0 Å². The molecule has 0 atom stereocenters. The number of nitrogens with one attached hydrogen (secondary N) is 1. The van der Waals surface area contributed by atoms with Crippen molar-refractivity contribution < 1.29 is 9.18 Å². The highest BCUT2D eigenvalue weighted by atomic mass is 19.1. The minimum absolute atomic E-state index is 0.0820. The van der Waals surface area contributed by atoms with Gasteiger partial charge in [-0.3, -0.25) is 9.69 Å². The van der Waals surface area contributed by atoms with Gasteiger partial charge in [0.25, 0.3) is 11.7 Å². The summed E-state index contributed by atoms with van der Waals surface area (Å²) in [5, 5.41) is 7.10. The van der Waals surface area contributed by atoms with Crippen LogP contribution in [0.25, 0.3) is 5.78 Å². The lowest BCUT2D eigenvalue weighted by molar-refractivity contribution is 0.0943. The van der Waals surface area contributed by atoms with Gasteiger partial charge in [-0.25, -0.2) is 9.37 Å². The van der Waals surface area contributed by atoms with Crippen molar-refractivity contribution in [2.24, 2.45) is 0 Å². The maximum absolute atomic E-state index is 13.7. The Morgan fingerprint density at radius 3 is 2.76 bits per heavy atom. The third-order valence-electron chi connectivity index (χ3n) is 5.18. The van der Waals surface area contributed by atoms with Gasteiger partial charge in [0.05, 0.1) is 5.56 Å². The summed E-state index contributed by atoms with van der Waals surface area (Å²) in [5.74, 6) is 0.760. The van der Waals surface area contributed by atoms with Crippen molar-refractivity contribution in [2.75, 3.05) is 44.2 Å². The Morgan fingerprint density at radius 2 is 2.00 bits per heavy atom. The highest BCUT2D eigenvalue weighted by Gasteiger charge is 2.20. The predicted octanol–water partition coefficient (Wildman–Crippen LogP) is 1.38. The maximum atomic E-state index is 13.7. The van der Waals surface area contributed by atoms with Gasteiger partial charge in [-0.2, -0.15) is 14.6 Å². The number of nitrogens with zero attached hydrogens (tertiary/aromatic N) is 6. The molecule has 8 nitrogen and oxygen atoms in total. The normalized spacial score (nSPS) is 15.0. The first-order valence-electron chi connectivity index (χ1n) is 9.85. The van der Waals surface area contributed by atoms with E-state index in [4.69, 9.17) is 0 Å². The summed E-state index contributed by atoms with van der Waals surface area (Å²) >= 11 is 0. The average molecular weight is 397 g/mol. The number of fused-ring (bicyclic) bond motifs is 1. The molecule has 1 aliphatic heterocycles. The minimum Gasteiger partial charge on any atom is -0.354 e. The van der Waals surface area contributed by atoms with Crippen LogP contribution in [-0.4, -0.2) is 69.7 Å². The molecule has 0 spiro atoms. The molecule has 0 aliphatic carbocycles. The Balaban J connectivity index is 1.31. The smallest absolute Gasteiger partial charge is 0.254 e. The summed E-state index contributed by atoms with van der Waals surface area (Å²) in [6.45, 7) is 6.73. The summed E-state index contributed by atoms with van der Waals surface area (Å²) in [5.41, 5.74) is 1.08. The summed E-state index contributed by atoms with van der Waals surface area (Å²) in [6, 6.07) is 8.10. The van der Waals surface area contributed by atoms with Crippen molar-refractivity contribution in [3.63, 3.8) is 0 Å². The van der Waals surface area contributed by atoms with E-state index in [2.05, 4.69) is 43.2 Å². The van der Waals surface area contributed by atoms with Crippen LogP contribution in [0.4, 0.5) is 10.2 Å². The summed E-state index contributed by atoms with van der Waals surface area (Å²) in [7, 11) is 0. The number of hydrogen-bond donors (Lipinski definition) is 1. The van der Waals surface area contributed by atoms with Gasteiger partial charge in [0, 0.05) is 51.0 Å². The van der Waals surface area contributed by atoms with Crippen LogP contribution in [-0.2, 0) is 6.42 Å². The van der Waals surface area contributed by atoms with E-state index in [0.29, 0.717) is 12.3 Å². The number of aromatic nitrogens is 4. The Labute approximate surface area is 168 Å². The average Bonchev–Trinajstić information content (AvgIpc) is 3.22. The molecule has 1 N–H and O–H groups in total. The highest BCUT2D eigenvalue weighted by Crippen LogP contribution is 2.18. The van der Waals surface area contributed by atoms with Crippen molar-refractivity contribution in [3.8, 4) is 0 Å². The number of amides is 1. The molecule has 152 valence electrons. The summed E-state index contributed by atoms with van der Waals surface area (Å²) in [6.07, 6.45) is 2.37. The Kier molecular flexibility index (Phi) is 5.66. The minimum atomic E-state index is -0.498. The first-order valence-corrected chi connectivity index (χ1v) is 9.85. The summed E-state index contributed by atoms with van der Waals surface area (Å²) in [4.78, 5) is 25.4. The Bertz CT molecular complexity index is 997. The second kappa shape index (κ2) is 8.52. The number of carbonyl (C=O) groups excluding carboxylic acids is 1. The lowest BCUT2D eigenvalue weighted by Crippen LogP contribution is -2.49. The van der Waals surface area contributed by atoms with Crippen LogP contribution in [0, 0.1) is 5.82 Å². The predicted molar refractivity (Wildman–Crippen MR) is 108 cm³/mol. The molecular formula is C20H24FN7O. The van der Waals surface area contributed by atoms with Crippen LogP contribution in [0.3, 0.4) is 0 Å². The lowest BCUT2D eigenvalue weighted by Gasteiger charge is -2.36. The third-order valence-corrected chi connectivity index (χ3v) is 5.18. The van der Waals surface area contributed by atoms with Gasteiger partial charge in [0.1, 0.15) is 18.0 Å². The number of aryl methyl sites for hydroxylation is 1. The largest absolute Gasteiger partial charge is 0.354 e. The van der Waals surface area contributed by atoms with E-state index in [1.54, 1.807) is 16.6 Å². The van der Waals surface area contributed by atoms with Crippen LogP contribution < -0.4 is 10.2 Å². The van der Waals surface area contributed by atoms with Crippen molar-refractivity contribution >= 4 is 17.5 Å². The molecule has 1 amide bonds. The van der Waals surface area contributed by atoms with Crippen LogP contribution in [0.1, 0.15) is 23.0 Å². The highest BCUT2D eigenvalue weighted by molar-refractivity contribution is 5.94. The van der Waals surface area contributed by atoms with Gasteiger partial charge < -0.3 is 10.2 Å². The van der Waals surface area contributed by atoms with E-state index in [-0.39, 0.29) is 11.5 Å². The van der Waals surface area contributed by atoms with E-state index in [1.165, 1.54) is 18.5 Å². The number of piperazine rings is 1. The van der Waals surface area contributed by atoms with Crippen molar-refractivity contribution in [1.29, 1.82) is 0 Å². The molecule has 0 bridgehead atoms. The molecule has 1 fully saturated rings. The number of halogens is 1. The lowest BCUT2D eigenvalue weighted by atomic mass is 10.2. The molecule has 3 aromatic rings. The van der Waals surface area contributed by atoms with E-state index in [0.717, 1.165) is 50.7 Å². The summed E-state index contributed by atoms with van der Waals surface area (Å²) < 4.78 is 15.5. The first-order chi connectivity index (χ1) is 14.2. The molecule has 29 heavy (non-hydrogen) atoms. The first kappa shape index (κ1) is 19.3. The molecular weight excluding hydrogens is 373 g/mol. The fraction of sp³-hybridized carbons (Fsp3) is 0.400. The van der Waals surface area contributed by atoms with Gasteiger partial charge in [-0.15, -0.1) is 0 Å². The van der Waals surface area contributed by atoms with Gasteiger partial charge in [-0.1, -0.05) is 19.1 Å². The van der Waals surface area contributed by atoms with Gasteiger partial charge >= 0.3 is 0 Å². The molecule has 4 rings (SSSR count). The van der Waals surface area contributed by atoms with Crippen molar-refractivity contribution in [2.45, 2.75) is 13.3 Å². The van der Waals surface area contributed by atoms with Gasteiger partial charge in [-0.05, 0) is 18.6 Å². The molecule has 3 heterocycles. The van der Waals surface area contributed by atoms with Crippen molar-refractivity contribution in [1.82, 2.24) is 29.8 Å². The van der Waals surface area contributed by atoms with E-state index in [9.17, 15) is 9.18 Å². The second-order valence-corrected chi connectivity index (χ2v) is 7.00. The quantitative estimate of drug-likeness (QED) is 0.677. The monoisotopic (exact) mass is 397 g/mol. The molecule has 1 aliphatic rings. The van der Waals surface area contributed by atoms with Gasteiger partial charge in [0.2, 0.25) is 0 Å². The number of hydrogen-bond acceptors (Lipinski definition) is 6. The number of benzene rings is 1. The standard InChI is InChI=1S/C20H24FN7O/c1-2-15-13-18(28-20(25-15)23-14-24-28)27-11-9-26(10-12-27)8-7-22-19(29)16-5-3-4-6-17(16)21/h3-6,13-14H,2,7-12H2,1H3,(H,22,29). The topological polar surface area (TPSA) is 78.7 Å². The molecule has 0 saturated carbocycles. The van der Waals surface area contributed by atoms with E-state index < -0.39 is 5.82 Å². The molecule has 0 unspecified atom stereocenters. The molecule has 1 saturated heterocycles. The van der Waals surface area contributed by atoms with Crippen LogP contribution in [0.5, 0.6) is 0 Å². The van der Waals surface area contributed by atoms with E-state index >= 15 is 0 Å². The number of anilines is 1. The van der Waals surface area contributed by atoms with Crippen LogP contribution >= 0.6 is 0 Å². The molecule has 9 heteroatoms. The number of carbonyl (C=O) groups is 1. The molecule has 0 radical (unpaired) electrons. The fourth-order valence-electron chi connectivity index (χ4n) is 3.52. The Hall–Kier alpha value is -3.07. The molecule has 1 aromatic carbocycles. The number of rotatable bonds is 6. The van der Waals surface area contributed by atoms with Gasteiger partial charge in [0.15, 0.2) is 0 Å². The zero-order valence-corrected chi connectivity index (χ0v) is 16.4. The fourth-order valence-corrected chi connectivity index (χ4v) is 3.52. The third kappa shape index (κ3) is 4.19. The zero-order valence-electron chi connectivity index (χ0n) is 16.4. The SMILES string of the molecule is CCc1cc(N2CCN(CCNC(=O)c3ccccc3F)CC2)n2ncnc2n1. The molecule has 2 aromatic heterocycles. The maximum Gasteiger partial charge on any atom is 0.254 e. The zero-order chi connectivity index (χ0) is 20.2. The van der Waals surface area contributed by atoms with Crippen LogP contribution in [0.15, 0.2) is 36.7 Å².